The van der Waals surface area contributed by atoms with Crippen LogP contribution >= 0.6 is 0 Å². The monoisotopic (exact) mass is 347 g/mol. The van der Waals surface area contributed by atoms with Crippen molar-refractivity contribution in [3.05, 3.63) is 36.5 Å². The van der Waals surface area contributed by atoms with Crippen molar-refractivity contribution in [2.45, 2.75) is 37.6 Å². The molecule has 1 aromatic carbocycles. The predicted octanol–water partition coefficient (Wildman–Crippen LogP) is 2.63. The highest BCUT2D eigenvalue weighted by molar-refractivity contribution is 7.89. The lowest BCUT2D eigenvalue weighted by Crippen LogP contribution is -2.41. The Hall–Kier alpha value is -1.50. The first-order chi connectivity index (χ1) is 11.5. The zero-order chi connectivity index (χ0) is 17.2. The number of para-hydroxylation sites is 1. The summed E-state index contributed by atoms with van der Waals surface area (Å²) in [5.41, 5.74) is 0.530. The molecule has 6 heteroatoms. The van der Waals surface area contributed by atoms with E-state index >= 15 is 0 Å². The number of pyridine rings is 1. The van der Waals surface area contributed by atoms with Crippen molar-refractivity contribution < 1.29 is 8.42 Å². The topological polar surface area (TPSA) is 62.3 Å². The molecule has 0 spiro atoms. The summed E-state index contributed by atoms with van der Waals surface area (Å²) < 4.78 is 28.2. The molecule has 130 valence electrons. The maximum absolute atomic E-state index is 12.7. The second-order valence-electron chi connectivity index (χ2n) is 6.76. The Labute approximate surface area is 144 Å². The molecule has 0 radical (unpaired) electrons. The molecule has 1 aromatic heterocycles. The summed E-state index contributed by atoms with van der Waals surface area (Å²) in [6, 6.07) is 9.52. The molecule has 3 rings (SSSR count). The fourth-order valence-electron chi connectivity index (χ4n) is 3.27. The maximum atomic E-state index is 12.7. The van der Waals surface area contributed by atoms with Gasteiger partial charge in [0, 0.05) is 24.2 Å². The Balaban J connectivity index is 1.68. The highest BCUT2D eigenvalue weighted by Gasteiger charge is 2.24. The van der Waals surface area contributed by atoms with Gasteiger partial charge in [0.15, 0.2) is 0 Å². The van der Waals surface area contributed by atoms with Gasteiger partial charge in [-0.2, -0.15) is 0 Å². The first-order valence-corrected chi connectivity index (χ1v) is 10.0. The van der Waals surface area contributed by atoms with Gasteiger partial charge in [-0.1, -0.05) is 18.2 Å². The molecule has 1 fully saturated rings. The van der Waals surface area contributed by atoms with E-state index in [-0.39, 0.29) is 4.90 Å². The van der Waals surface area contributed by atoms with Gasteiger partial charge < -0.3 is 4.90 Å². The summed E-state index contributed by atoms with van der Waals surface area (Å²) in [5, 5.41) is 0.839. The molecule has 0 saturated carbocycles. The van der Waals surface area contributed by atoms with Gasteiger partial charge in [0.05, 0.1) is 5.52 Å². The van der Waals surface area contributed by atoms with Crippen LogP contribution in [-0.2, 0) is 10.0 Å². The zero-order valence-electron chi connectivity index (χ0n) is 14.3. The van der Waals surface area contributed by atoms with Crippen LogP contribution in [0.5, 0.6) is 0 Å². The summed E-state index contributed by atoms with van der Waals surface area (Å²) in [4.78, 5) is 6.95. The summed E-state index contributed by atoms with van der Waals surface area (Å²) in [6.07, 6.45) is 3.70. The smallest absolute Gasteiger partial charge is 0.242 e. The van der Waals surface area contributed by atoms with Crippen LogP contribution in [-0.4, -0.2) is 44.0 Å². The fraction of sp³-hybridized carbons (Fsp3) is 0.500. The minimum absolute atomic E-state index is 0.264. The lowest BCUT2D eigenvalue weighted by Gasteiger charge is -2.34. The van der Waals surface area contributed by atoms with Crippen molar-refractivity contribution in [3.63, 3.8) is 0 Å². The molecule has 0 unspecified atom stereocenters. The average molecular weight is 347 g/mol. The first kappa shape index (κ1) is 17.3. The molecule has 1 aliphatic rings. The number of fused-ring (bicyclic) bond motifs is 1. The van der Waals surface area contributed by atoms with Crippen LogP contribution in [0.15, 0.2) is 41.4 Å². The third kappa shape index (κ3) is 3.77. The number of nitrogens with zero attached hydrogens (tertiary/aromatic N) is 2. The second-order valence-corrected chi connectivity index (χ2v) is 8.49. The molecule has 1 saturated heterocycles. The van der Waals surface area contributed by atoms with Gasteiger partial charge >= 0.3 is 0 Å². The normalized spacial score (nSPS) is 17.6. The van der Waals surface area contributed by atoms with Crippen LogP contribution in [0.2, 0.25) is 0 Å². The average Bonchev–Trinajstić information content (AvgIpc) is 2.60. The number of nitrogens with one attached hydrogen (secondary N) is 1. The second kappa shape index (κ2) is 7.17. The van der Waals surface area contributed by atoms with Crippen LogP contribution < -0.4 is 4.72 Å². The standard InChI is InChI=1S/C18H25N3O2S/c1-14(2)21-11-8-15(9-12-21)13-20-24(22,23)17-7-3-5-16-6-4-10-19-18(16)17/h3-7,10,14-15,20H,8-9,11-13H2,1-2H3. The zero-order valence-corrected chi connectivity index (χ0v) is 15.1. The third-order valence-corrected chi connectivity index (χ3v) is 6.28. The van der Waals surface area contributed by atoms with Crippen molar-refractivity contribution in [1.82, 2.24) is 14.6 Å². The van der Waals surface area contributed by atoms with Gasteiger partial charge in [0.25, 0.3) is 0 Å². The number of likely N-dealkylation sites (tertiary alicyclic amines) is 1. The van der Waals surface area contributed by atoms with Crippen molar-refractivity contribution in [2.24, 2.45) is 5.92 Å². The molecular formula is C18H25N3O2S. The van der Waals surface area contributed by atoms with Crippen LogP contribution in [0.3, 0.4) is 0 Å². The maximum Gasteiger partial charge on any atom is 0.242 e. The van der Waals surface area contributed by atoms with E-state index in [2.05, 4.69) is 28.5 Å². The van der Waals surface area contributed by atoms with Gasteiger partial charge in [0.2, 0.25) is 10.0 Å². The van der Waals surface area contributed by atoms with Gasteiger partial charge in [-0.05, 0) is 57.8 Å². The van der Waals surface area contributed by atoms with Gasteiger partial charge in [-0.15, -0.1) is 0 Å². The summed E-state index contributed by atoms with van der Waals surface area (Å²) in [5.74, 6) is 0.401. The van der Waals surface area contributed by atoms with Gasteiger partial charge in [-0.25, -0.2) is 13.1 Å². The highest BCUT2D eigenvalue weighted by Crippen LogP contribution is 2.22. The molecule has 2 heterocycles. The quantitative estimate of drug-likeness (QED) is 0.903. The van der Waals surface area contributed by atoms with Crippen LogP contribution in [0, 0.1) is 5.92 Å². The highest BCUT2D eigenvalue weighted by atomic mass is 32.2. The van der Waals surface area contributed by atoms with Gasteiger partial charge in [-0.3, -0.25) is 4.98 Å². The Bertz CT molecular complexity index is 792. The van der Waals surface area contributed by atoms with E-state index in [0.29, 0.717) is 24.0 Å². The molecule has 0 bridgehead atoms. The molecule has 2 aromatic rings. The molecule has 1 N–H and O–H groups in total. The van der Waals surface area contributed by atoms with Gasteiger partial charge in [0.1, 0.15) is 4.90 Å². The van der Waals surface area contributed by atoms with E-state index in [9.17, 15) is 8.42 Å². The SMILES string of the molecule is CC(C)N1CCC(CNS(=O)(=O)c2cccc3cccnc23)CC1. The number of hydrogen-bond acceptors (Lipinski definition) is 4. The number of hydrogen-bond donors (Lipinski definition) is 1. The first-order valence-electron chi connectivity index (χ1n) is 8.55. The molecule has 1 aliphatic heterocycles. The van der Waals surface area contributed by atoms with Crippen LogP contribution in [0.4, 0.5) is 0 Å². The Kier molecular flexibility index (Phi) is 5.18. The van der Waals surface area contributed by atoms with E-state index in [4.69, 9.17) is 0 Å². The van der Waals surface area contributed by atoms with E-state index in [1.54, 1.807) is 18.3 Å². The molecule has 24 heavy (non-hydrogen) atoms. The fourth-order valence-corrected chi connectivity index (χ4v) is 4.57. The Morgan fingerprint density at radius 1 is 1.21 bits per heavy atom. The minimum atomic E-state index is -3.54. The lowest BCUT2D eigenvalue weighted by molar-refractivity contribution is 0.151. The summed E-state index contributed by atoms with van der Waals surface area (Å²) in [7, 11) is -3.54. The van der Waals surface area contributed by atoms with E-state index in [1.165, 1.54) is 0 Å². The minimum Gasteiger partial charge on any atom is -0.301 e. The Morgan fingerprint density at radius 3 is 2.62 bits per heavy atom. The summed E-state index contributed by atoms with van der Waals surface area (Å²) in [6.45, 7) is 6.99. The van der Waals surface area contributed by atoms with E-state index < -0.39 is 10.0 Å². The largest absolute Gasteiger partial charge is 0.301 e. The number of rotatable bonds is 5. The third-order valence-electron chi connectivity index (χ3n) is 4.83. The molecule has 0 atom stereocenters. The summed E-state index contributed by atoms with van der Waals surface area (Å²) >= 11 is 0. The number of sulfonamides is 1. The molecular weight excluding hydrogens is 322 g/mol. The van der Waals surface area contributed by atoms with Crippen molar-refractivity contribution >= 4 is 20.9 Å². The lowest BCUT2D eigenvalue weighted by atomic mass is 9.96. The van der Waals surface area contributed by atoms with E-state index in [1.807, 2.05) is 18.2 Å². The predicted molar refractivity (Wildman–Crippen MR) is 96.4 cm³/mol. The molecule has 5 nitrogen and oxygen atoms in total. The molecule has 0 aliphatic carbocycles. The van der Waals surface area contributed by atoms with Crippen molar-refractivity contribution in [1.29, 1.82) is 0 Å². The van der Waals surface area contributed by atoms with Crippen LogP contribution in [0.25, 0.3) is 10.9 Å². The van der Waals surface area contributed by atoms with E-state index in [0.717, 1.165) is 31.3 Å². The number of piperidine rings is 1. The molecule has 0 amide bonds. The number of benzene rings is 1. The number of aromatic nitrogens is 1. The van der Waals surface area contributed by atoms with Crippen molar-refractivity contribution in [3.8, 4) is 0 Å². The Morgan fingerprint density at radius 2 is 1.92 bits per heavy atom. The van der Waals surface area contributed by atoms with Crippen molar-refractivity contribution in [2.75, 3.05) is 19.6 Å². The van der Waals surface area contributed by atoms with Crippen LogP contribution in [0.1, 0.15) is 26.7 Å².